The average molecular weight is 253 g/mol. The van der Waals surface area contributed by atoms with Gasteiger partial charge in [-0.3, -0.25) is 0 Å². The molecule has 0 bridgehead atoms. The Morgan fingerprint density at radius 3 is 2.94 bits per heavy atom. The number of benzene rings is 1. The first kappa shape index (κ1) is 12.7. The Balaban J connectivity index is 0.00000108. The number of rotatable bonds is 4. The van der Waals surface area contributed by atoms with Crippen molar-refractivity contribution in [1.82, 2.24) is 4.90 Å². The summed E-state index contributed by atoms with van der Waals surface area (Å²) in [6.07, 6.45) is 4.07. The van der Waals surface area contributed by atoms with Crippen LogP contribution in [0.5, 0.6) is 0 Å². The molecule has 1 aromatic carbocycles. The molecular formula is C14H21ClN2. The molecule has 1 saturated carbocycles. The van der Waals surface area contributed by atoms with E-state index in [1.54, 1.807) is 0 Å². The van der Waals surface area contributed by atoms with E-state index in [4.69, 9.17) is 0 Å². The van der Waals surface area contributed by atoms with E-state index in [-0.39, 0.29) is 12.4 Å². The van der Waals surface area contributed by atoms with Crippen LogP contribution in [0.3, 0.4) is 0 Å². The molecular weight excluding hydrogens is 232 g/mol. The molecule has 1 N–H and O–H groups in total. The maximum absolute atomic E-state index is 3.52. The Kier molecular flexibility index (Phi) is 3.95. The molecule has 0 amide bonds. The van der Waals surface area contributed by atoms with Crippen molar-refractivity contribution in [3.05, 3.63) is 29.3 Å². The number of fused-ring (bicyclic) bond motifs is 1. The molecule has 3 heteroatoms. The van der Waals surface area contributed by atoms with Gasteiger partial charge < -0.3 is 10.2 Å². The van der Waals surface area contributed by atoms with Gasteiger partial charge >= 0.3 is 0 Å². The fourth-order valence-corrected chi connectivity index (χ4v) is 2.64. The zero-order chi connectivity index (χ0) is 11.0. The van der Waals surface area contributed by atoms with Gasteiger partial charge in [0.15, 0.2) is 0 Å². The lowest BCUT2D eigenvalue weighted by molar-refractivity contribution is 0.313. The number of hydrogen-bond donors (Lipinski definition) is 1. The van der Waals surface area contributed by atoms with E-state index in [1.165, 1.54) is 42.6 Å². The van der Waals surface area contributed by atoms with Gasteiger partial charge in [-0.2, -0.15) is 0 Å². The second kappa shape index (κ2) is 5.28. The average Bonchev–Trinajstić information content (AvgIpc) is 2.94. The minimum Gasteiger partial charge on any atom is -0.384 e. The van der Waals surface area contributed by atoms with E-state index < -0.39 is 0 Å². The largest absolute Gasteiger partial charge is 0.384 e. The second-order valence-electron chi connectivity index (χ2n) is 5.27. The molecule has 0 radical (unpaired) electrons. The number of anilines is 1. The second-order valence-corrected chi connectivity index (χ2v) is 5.27. The van der Waals surface area contributed by atoms with E-state index in [2.05, 4.69) is 35.5 Å². The van der Waals surface area contributed by atoms with E-state index in [0.717, 1.165) is 19.0 Å². The van der Waals surface area contributed by atoms with Gasteiger partial charge in [-0.15, -0.1) is 12.4 Å². The third kappa shape index (κ3) is 2.93. The van der Waals surface area contributed by atoms with Crippen LogP contribution in [0, 0.1) is 5.92 Å². The predicted octanol–water partition coefficient (Wildman–Crippen LogP) is 2.92. The van der Waals surface area contributed by atoms with E-state index in [0.29, 0.717) is 0 Å². The molecule has 2 aliphatic rings. The summed E-state index contributed by atoms with van der Waals surface area (Å²) in [4.78, 5) is 2.47. The van der Waals surface area contributed by atoms with Crippen molar-refractivity contribution in [2.75, 3.05) is 25.5 Å². The Morgan fingerprint density at radius 1 is 1.35 bits per heavy atom. The third-order valence-corrected chi connectivity index (χ3v) is 3.64. The Morgan fingerprint density at radius 2 is 2.18 bits per heavy atom. The van der Waals surface area contributed by atoms with Gasteiger partial charge in [-0.25, -0.2) is 0 Å². The Bertz CT molecular complexity index is 388. The standard InChI is InChI=1S/C14H20N2.ClH/c1-16(9-11-5-6-11)10-13-4-2-3-12-7-8-15-14(12)13;/h2-4,11,15H,5-10H2,1H3;1H. The first-order valence-electron chi connectivity index (χ1n) is 6.36. The highest BCUT2D eigenvalue weighted by atomic mass is 35.5. The molecule has 3 rings (SSSR count). The van der Waals surface area contributed by atoms with Gasteiger partial charge in [0.1, 0.15) is 0 Å². The molecule has 0 saturated heterocycles. The van der Waals surface area contributed by atoms with Crippen molar-refractivity contribution in [3.63, 3.8) is 0 Å². The van der Waals surface area contributed by atoms with Crippen LogP contribution in [-0.2, 0) is 13.0 Å². The number of nitrogens with zero attached hydrogens (tertiary/aromatic N) is 1. The Labute approximate surface area is 110 Å². The number of halogens is 1. The first-order valence-corrected chi connectivity index (χ1v) is 6.36. The predicted molar refractivity (Wildman–Crippen MR) is 74.9 cm³/mol. The van der Waals surface area contributed by atoms with Crippen LogP contribution in [0.2, 0.25) is 0 Å². The lowest BCUT2D eigenvalue weighted by Crippen LogP contribution is -2.20. The SMILES string of the molecule is CN(Cc1cccc2c1NCC2)CC1CC1.Cl. The van der Waals surface area contributed by atoms with Gasteiger partial charge in [0.2, 0.25) is 0 Å². The van der Waals surface area contributed by atoms with Gasteiger partial charge in [0, 0.05) is 25.3 Å². The number of hydrogen-bond acceptors (Lipinski definition) is 2. The van der Waals surface area contributed by atoms with Gasteiger partial charge in [-0.1, -0.05) is 18.2 Å². The topological polar surface area (TPSA) is 15.3 Å². The summed E-state index contributed by atoms with van der Waals surface area (Å²) in [6, 6.07) is 6.71. The van der Waals surface area contributed by atoms with E-state index in [1.807, 2.05) is 0 Å². The van der Waals surface area contributed by atoms with Crippen molar-refractivity contribution >= 4 is 18.1 Å². The minimum absolute atomic E-state index is 0. The van der Waals surface area contributed by atoms with Gasteiger partial charge in [0.05, 0.1) is 0 Å². The third-order valence-electron chi connectivity index (χ3n) is 3.64. The molecule has 0 spiro atoms. The quantitative estimate of drug-likeness (QED) is 0.887. The van der Waals surface area contributed by atoms with Crippen LogP contribution in [0.4, 0.5) is 5.69 Å². The fourth-order valence-electron chi connectivity index (χ4n) is 2.64. The summed E-state index contributed by atoms with van der Waals surface area (Å²) in [5.74, 6) is 0.981. The smallest absolute Gasteiger partial charge is 0.0419 e. The zero-order valence-electron chi connectivity index (χ0n) is 10.4. The highest BCUT2D eigenvalue weighted by Crippen LogP contribution is 2.31. The van der Waals surface area contributed by atoms with Crippen LogP contribution in [0.1, 0.15) is 24.0 Å². The number of nitrogens with one attached hydrogen (secondary N) is 1. The molecule has 17 heavy (non-hydrogen) atoms. The highest BCUT2D eigenvalue weighted by molar-refractivity contribution is 5.85. The van der Waals surface area contributed by atoms with E-state index >= 15 is 0 Å². The van der Waals surface area contributed by atoms with Crippen LogP contribution in [0.25, 0.3) is 0 Å². The van der Waals surface area contributed by atoms with Crippen LogP contribution >= 0.6 is 12.4 Å². The molecule has 1 aliphatic heterocycles. The molecule has 1 aromatic rings. The fraction of sp³-hybridized carbons (Fsp3) is 0.571. The molecule has 94 valence electrons. The zero-order valence-corrected chi connectivity index (χ0v) is 11.2. The molecule has 0 aromatic heterocycles. The van der Waals surface area contributed by atoms with Gasteiger partial charge in [0.25, 0.3) is 0 Å². The van der Waals surface area contributed by atoms with E-state index in [9.17, 15) is 0 Å². The summed E-state index contributed by atoms with van der Waals surface area (Å²) in [7, 11) is 2.24. The molecule has 1 fully saturated rings. The monoisotopic (exact) mass is 252 g/mol. The minimum atomic E-state index is 0. The van der Waals surface area contributed by atoms with Crippen LogP contribution < -0.4 is 5.32 Å². The molecule has 2 nitrogen and oxygen atoms in total. The maximum atomic E-state index is 3.52. The summed E-state index contributed by atoms with van der Waals surface area (Å²) in [5, 5.41) is 3.52. The van der Waals surface area contributed by atoms with Crippen molar-refractivity contribution < 1.29 is 0 Å². The molecule has 0 atom stereocenters. The maximum Gasteiger partial charge on any atom is 0.0419 e. The summed E-state index contributed by atoms with van der Waals surface area (Å²) < 4.78 is 0. The normalized spacial score (nSPS) is 17.5. The molecule has 0 unspecified atom stereocenters. The van der Waals surface area contributed by atoms with Crippen LogP contribution in [-0.4, -0.2) is 25.0 Å². The summed E-state index contributed by atoms with van der Waals surface area (Å²) in [6.45, 7) is 3.47. The lowest BCUT2D eigenvalue weighted by Gasteiger charge is -2.18. The number of para-hydroxylation sites is 1. The van der Waals surface area contributed by atoms with Crippen molar-refractivity contribution in [2.45, 2.75) is 25.8 Å². The first-order chi connectivity index (χ1) is 7.83. The van der Waals surface area contributed by atoms with Gasteiger partial charge in [-0.05, 0) is 43.4 Å². The highest BCUT2D eigenvalue weighted by Gasteiger charge is 2.23. The van der Waals surface area contributed by atoms with Crippen molar-refractivity contribution in [3.8, 4) is 0 Å². The molecule has 1 heterocycles. The Hall–Kier alpha value is -0.730. The molecule has 1 aliphatic carbocycles. The van der Waals surface area contributed by atoms with Crippen molar-refractivity contribution in [2.24, 2.45) is 5.92 Å². The van der Waals surface area contributed by atoms with Crippen molar-refractivity contribution in [1.29, 1.82) is 0 Å². The summed E-state index contributed by atoms with van der Waals surface area (Å²) >= 11 is 0. The van der Waals surface area contributed by atoms with Crippen LogP contribution in [0.15, 0.2) is 18.2 Å². The lowest BCUT2D eigenvalue weighted by atomic mass is 10.1. The summed E-state index contributed by atoms with van der Waals surface area (Å²) in [5.41, 5.74) is 4.38.